The van der Waals surface area contributed by atoms with E-state index in [1.165, 1.54) is 18.3 Å². The first kappa shape index (κ1) is 15.3. The van der Waals surface area contributed by atoms with Crippen LogP contribution in [0.2, 0.25) is 0 Å². The number of nitrogens with two attached hydrogens (primary N) is 2. The van der Waals surface area contributed by atoms with Crippen LogP contribution in [-0.4, -0.2) is 24.8 Å². The first-order chi connectivity index (χ1) is 8.66. The van der Waals surface area contributed by atoms with Crippen molar-refractivity contribution in [3.63, 3.8) is 0 Å². The quantitative estimate of drug-likeness (QED) is 0.403. The highest BCUT2D eigenvalue weighted by Crippen LogP contribution is 2.16. The molecule has 0 bridgehead atoms. The number of carbonyl (C=O) groups is 1. The van der Waals surface area contributed by atoms with Gasteiger partial charge >= 0.3 is 0 Å². The summed E-state index contributed by atoms with van der Waals surface area (Å²) >= 11 is 0. The van der Waals surface area contributed by atoms with Gasteiger partial charge in [-0.15, -0.1) is 0 Å². The van der Waals surface area contributed by atoms with Gasteiger partial charge < -0.3 is 11.2 Å². The first-order valence-corrected chi connectivity index (χ1v) is 6.89. The van der Waals surface area contributed by atoms with E-state index in [9.17, 15) is 13.2 Å². The standard InChI is InChI=1S/C10H17N5O3S/c1-10(2,6-8(11)16)15-19(17,18)7-3-4-13-9(5-7)14-12/h3-5,15H,6,12H2,1-2H3,(H2,11,16)(H,13,14). The number of aromatic nitrogens is 1. The largest absolute Gasteiger partial charge is 0.370 e. The fourth-order valence-electron chi connectivity index (χ4n) is 1.55. The Kier molecular flexibility index (Phi) is 4.45. The zero-order valence-corrected chi connectivity index (χ0v) is 11.5. The van der Waals surface area contributed by atoms with Crippen molar-refractivity contribution in [3.05, 3.63) is 18.3 Å². The van der Waals surface area contributed by atoms with E-state index >= 15 is 0 Å². The maximum atomic E-state index is 12.1. The average molecular weight is 287 g/mol. The van der Waals surface area contributed by atoms with Gasteiger partial charge in [-0.3, -0.25) is 4.79 Å². The number of pyridine rings is 1. The molecule has 1 amide bonds. The van der Waals surface area contributed by atoms with Gasteiger partial charge in [-0.25, -0.2) is 24.0 Å². The molecule has 1 heterocycles. The lowest BCUT2D eigenvalue weighted by Crippen LogP contribution is -2.45. The maximum absolute atomic E-state index is 12.1. The Hall–Kier alpha value is -1.71. The van der Waals surface area contributed by atoms with Crippen LogP contribution < -0.4 is 21.7 Å². The molecule has 0 aliphatic carbocycles. The van der Waals surface area contributed by atoms with Gasteiger partial charge in [0.1, 0.15) is 5.82 Å². The number of hydrogen-bond acceptors (Lipinski definition) is 6. The molecule has 0 unspecified atom stereocenters. The van der Waals surface area contributed by atoms with E-state index in [0.29, 0.717) is 0 Å². The van der Waals surface area contributed by atoms with Crippen molar-refractivity contribution < 1.29 is 13.2 Å². The number of nitrogens with zero attached hydrogens (tertiary/aromatic N) is 1. The lowest BCUT2D eigenvalue weighted by atomic mass is 10.0. The van der Waals surface area contributed by atoms with Gasteiger partial charge in [0.25, 0.3) is 0 Å². The molecule has 0 spiro atoms. The lowest BCUT2D eigenvalue weighted by molar-refractivity contribution is -0.119. The third-order valence-corrected chi connectivity index (χ3v) is 3.91. The molecule has 0 fully saturated rings. The van der Waals surface area contributed by atoms with Crippen LogP contribution in [0.25, 0.3) is 0 Å². The summed E-state index contributed by atoms with van der Waals surface area (Å²) in [5.41, 5.74) is 6.35. The van der Waals surface area contributed by atoms with Crippen LogP contribution in [0, 0.1) is 0 Å². The summed E-state index contributed by atoms with van der Waals surface area (Å²) in [5, 5.41) is 0. The smallest absolute Gasteiger partial charge is 0.241 e. The Bertz CT molecular complexity index is 570. The molecule has 0 atom stereocenters. The van der Waals surface area contributed by atoms with Crippen molar-refractivity contribution in [1.29, 1.82) is 0 Å². The third kappa shape index (κ3) is 4.47. The van der Waals surface area contributed by atoms with E-state index in [1.54, 1.807) is 13.8 Å². The summed E-state index contributed by atoms with van der Waals surface area (Å²) in [6, 6.07) is 2.60. The summed E-state index contributed by atoms with van der Waals surface area (Å²) in [7, 11) is -3.79. The van der Waals surface area contributed by atoms with Crippen molar-refractivity contribution in [1.82, 2.24) is 9.71 Å². The van der Waals surface area contributed by atoms with Crippen molar-refractivity contribution >= 4 is 21.7 Å². The van der Waals surface area contributed by atoms with Crippen LogP contribution in [0.3, 0.4) is 0 Å². The third-order valence-electron chi connectivity index (χ3n) is 2.22. The van der Waals surface area contributed by atoms with Gasteiger partial charge in [-0.2, -0.15) is 0 Å². The number of anilines is 1. The van der Waals surface area contributed by atoms with Crippen LogP contribution in [-0.2, 0) is 14.8 Å². The molecular weight excluding hydrogens is 270 g/mol. The highest BCUT2D eigenvalue weighted by molar-refractivity contribution is 7.89. The number of primary amides is 1. The first-order valence-electron chi connectivity index (χ1n) is 5.41. The van der Waals surface area contributed by atoms with Crippen LogP contribution in [0.4, 0.5) is 5.82 Å². The number of sulfonamides is 1. The number of amides is 1. The fourth-order valence-corrected chi connectivity index (χ4v) is 2.98. The molecule has 0 aromatic carbocycles. The molecule has 1 aromatic rings. The van der Waals surface area contributed by atoms with E-state index in [0.717, 1.165) is 0 Å². The van der Waals surface area contributed by atoms with Gasteiger partial charge in [0.15, 0.2) is 0 Å². The summed E-state index contributed by atoms with van der Waals surface area (Å²) in [5.74, 6) is 4.79. The fraction of sp³-hybridized carbons (Fsp3) is 0.400. The summed E-state index contributed by atoms with van der Waals surface area (Å²) in [6.45, 7) is 3.14. The molecule has 9 heteroatoms. The zero-order valence-electron chi connectivity index (χ0n) is 10.7. The molecule has 0 aliphatic heterocycles. The molecule has 1 aromatic heterocycles. The van der Waals surface area contributed by atoms with Crippen LogP contribution in [0.1, 0.15) is 20.3 Å². The van der Waals surface area contributed by atoms with E-state index in [1.807, 2.05) is 0 Å². The highest BCUT2D eigenvalue weighted by atomic mass is 32.2. The zero-order chi connectivity index (χ0) is 14.7. The predicted molar refractivity (Wildman–Crippen MR) is 70.3 cm³/mol. The van der Waals surface area contributed by atoms with Crippen LogP contribution in [0.15, 0.2) is 23.2 Å². The molecular formula is C10H17N5O3S. The Morgan fingerprint density at radius 1 is 1.47 bits per heavy atom. The summed E-state index contributed by atoms with van der Waals surface area (Å²) in [6.07, 6.45) is 1.20. The van der Waals surface area contributed by atoms with E-state index < -0.39 is 21.5 Å². The topological polar surface area (TPSA) is 140 Å². The van der Waals surface area contributed by atoms with Gasteiger partial charge in [-0.1, -0.05) is 0 Å². The molecule has 6 N–H and O–H groups in total. The van der Waals surface area contributed by atoms with E-state index in [2.05, 4.69) is 15.1 Å². The Labute approximate surface area is 111 Å². The Balaban J connectivity index is 3.01. The minimum Gasteiger partial charge on any atom is -0.370 e. The Morgan fingerprint density at radius 2 is 2.11 bits per heavy atom. The second-order valence-corrected chi connectivity index (χ2v) is 6.34. The molecule has 0 radical (unpaired) electrons. The summed E-state index contributed by atoms with van der Waals surface area (Å²) in [4.78, 5) is 14.7. The van der Waals surface area contributed by atoms with Crippen molar-refractivity contribution in [3.8, 4) is 0 Å². The maximum Gasteiger partial charge on any atom is 0.241 e. The SMILES string of the molecule is CC(C)(CC(N)=O)NS(=O)(=O)c1ccnc(NN)c1. The lowest BCUT2D eigenvalue weighted by Gasteiger charge is -2.24. The van der Waals surface area contributed by atoms with Gasteiger partial charge in [0.2, 0.25) is 15.9 Å². The number of hydrogen-bond donors (Lipinski definition) is 4. The van der Waals surface area contributed by atoms with Crippen molar-refractivity contribution in [2.75, 3.05) is 5.43 Å². The molecule has 0 aliphatic rings. The van der Waals surface area contributed by atoms with Crippen molar-refractivity contribution in [2.45, 2.75) is 30.7 Å². The van der Waals surface area contributed by atoms with Crippen LogP contribution in [0.5, 0.6) is 0 Å². The second-order valence-electron chi connectivity index (χ2n) is 4.65. The van der Waals surface area contributed by atoms with E-state index in [4.69, 9.17) is 11.6 Å². The molecule has 19 heavy (non-hydrogen) atoms. The number of nitrogen functional groups attached to an aromatic ring is 1. The highest BCUT2D eigenvalue weighted by Gasteiger charge is 2.28. The number of nitrogens with one attached hydrogen (secondary N) is 2. The van der Waals surface area contributed by atoms with E-state index in [-0.39, 0.29) is 17.1 Å². The summed E-state index contributed by atoms with van der Waals surface area (Å²) < 4.78 is 26.7. The normalized spacial score (nSPS) is 12.2. The monoisotopic (exact) mass is 287 g/mol. The minimum absolute atomic E-state index is 0.00649. The minimum atomic E-state index is -3.79. The van der Waals surface area contributed by atoms with Gasteiger partial charge in [-0.05, 0) is 19.9 Å². The van der Waals surface area contributed by atoms with Gasteiger partial charge in [0.05, 0.1) is 4.90 Å². The molecule has 106 valence electrons. The van der Waals surface area contributed by atoms with Crippen molar-refractivity contribution in [2.24, 2.45) is 11.6 Å². The molecule has 8 nitrogen and oxygen atoms in total. The van der Waals surface area contributed by atoms with Crippen LogP contribution >= 0.6 is 0 Å². The number of rotatable bonds is 6. The predicted octanol–water partition coefficient (Wildman–Crippen LogP) is -0.700. The average Bonchev–Trinajstić information content (AvgIpc) is 2.25. The second kappa shape index (κ2) is 5.51. The molecule has 0 saturated carbocycles. The molecule has 1 rings (SSSR count). The number of hydrazine groups is 1. The molecule has 0 saturated heterocycles. The Morgan fingerprint density at radius 3 is 2.63 bits per heavy atom. The number of carbonyl (C=O) groups excluding carboxylic acids is 1. The van der Waals surface area contributed by atoms with Gasteiger partial charge in [0, 0.05) is 24.2 Å².